The van der Waals surface area contributed by atoms with Crippen LogP contribution in [0.1, 0.15) is 11.1 Å². The van der Waals surface area contributed by atoms with Gasteiger partial charge < -0.3 is 14.2 Å². The summed E-state index contributed by atoms with van der Waals surface area (Å²) < 4.78 is 15.7. The van der Waals surface area contributed by atoms with Gasteiger partial charge in [0.2, 0.25) is 6.79 Å². The van der Waals surface area contributed by atoms with E-state index in [-0.39, 0.29) is 13.4 Å². The normalized spacial score (nSPS) is 12.1. The van der Waals surface area contributed by atoms with Gasteiger partial charge in [-0.1, -0.05) is 23.7 Å². The third kappa shape index (κ3) is 3.26. The molecule has 22 heavy (non-hydrogen) atoms. The van der Waals surface area contributed by atoms with Gasteiger partial charge in [0.15, 0.2) is 11.5 Å². The summed E-state index contributed by atoms with van der Waals surface area (Å²) in [4.78, 5) is 11.9. The van der Waals surface area contributed by atoms with Gasteiger partial charge in [-0.3, -0.25) is 5.32 Å². The third-order valence-corrected chi connectivity index (χ3v) is 3.48. The smallest absolute Gasteiger partial charge is 0.411 e. The molecule has 0 atom stereocenters. The Kier molecular flexibility index (Phi) is 4.06. The second kappa shape index (κ2) is 6.15. The Labute approximate surface area is 132 Å². The van der Waals surface area contributed by atoms with Crippen LogP contribution in [-0.4, -0.2) is 12.9 Å². The molecule has 0 fully saturated rings. The number of fused-ring (bicyclic) bond motifs is 1. The largest absolute Gasteiger partial charge is 0.454 e. The van der Waals surface area contributed by atoms with Crippen LogP contribution in [0, 0.1) is 6.92 Å². The lowest BCUT2D eigenvalue weighted by Gasteiger charge is -2.10. The topological polar surface area (TPSA) is 56.8 Å². The van der Waals surface area contributed by atoms with Crippen molar-refractivity contribution in [3.05, 3.63) is 52.5 Å². The molecule has 1 amide bonds. The van der Waals surface area contributed by atoms with E-state index in [1.54, 1.807) is 24.3 Å². The van der Waals surface area contributed by atoms with Crippen molar-refractivity contribution in [2.24, 2.45) is 0 Å². The molecule has 0 aromatic heterocycles. The minimum Gasteiger partial charge on any atom is -0.454 e. The molecule has 1 aliphatic rings. The van der Waals surface area contributed by atoms with E-state index in [1.165, 1.54) is 0 Å². The summed E-state index contributed by atoms with van der Waals surface area (Å²) in [6, 6.07) is 10.7. The fourth-order valence-corrected chi connectivity index (χ4v) is 2.23. The van der Waals surface area contributed by atoms with Gasteiger partial charge in [-0.25, -0.2) is 4.79 Å². The number of nitrogens with one attached hydrogen (secondary N) is 1. The Morgan fingerprint density at radius 2 is 2.05 bits per heavy atom. The predicted octanol–water partition coefficient (Wildman–Crippen LogP) is 4.13. The zero-order chi connectivity index (χ0) is 15.5. The lowest BCUT2D eigenvalue weighted by Crippen LogP contribution is -2.14. The van der Waals surface area contributed by atoms with Gasteiger partial charge in [0.25, 0.3) is 0 Å². The molecule has 1 N–H and O–H groups in total. The highest BCUT2D eigenvalue weighted by atomic mass is 35.5. The van der Waals surface area contributed by atoms with Gasteiger partial charge in [0.1, 0.15) is 6.61 Å². The second-order valence-corrected chi connectivity index (χ2v) is 5.28. The molecule has 0 spiro atoms. The monoisotopic (exact) mass is 319 g/mol. The van der Waals surface area contributed by atoms with Gasteiger partial charge in [0, 0.05) is 10.7 Å². The third-order valence-electron chi connectivity index (χ3n) is 3.24. The van der Waals surface area contributed by atoms with Crippen molar-refractivity contribution in [3.63, 3.8) is 0 Å². The second-order valence-electron chi connectivity index (χ2n) is 4.85. The molecular formula is C16H14ClNO4. The summed E-state index contributed by atoms with van der Waals surface area (Å²) in [6.07, 6.45) is -0.539. The van der Waals surface area contributed by atoms with E-state index < -0.39 is 6.09 Å². The zero-order valence-electron chi connectivity index (χ0n) is 11.9. The van der Waals surface area contributed by atoms with Gasteiger partial charge in [-0.05, 0) is 42.3 Å². The molecule has 0 bridgehead atoms. The minimum absolute atomic E-state index is 0.141. The maximum Gasteiger partial charge on any atom is 0.411 e. The average molecular weight is 320 g/mol. The first-order valence-corrected chi connectivity index (χ1v) is 7.08. The van der Waals surface area contributed by atoms with Crippen LogP contribution in [0.15, 0.2) is 36.4 Å². The average Bonchev–Trinajstić information content (AvgIpc) is 2.96. The number of ether oxygens (including phenoxy) is 3. The van der Waals surface area contributed by atoms with Gasteiger partial charge in [-0.15, -0.1) is 0 Å². The molecule has 0 unspecified atom stereocenters. The molecule has 5 nitrogen and oxygen atoms in total. The number of carbonyl (C=O) groups is 1. The van der Waals surface area contributed by atoms with Crippen molar-refractivity contribution in [2.45, 2.75) is 13.5 Å². The van der Waals surface area contributed by atoms with E-state index in [0.717, 1.165) is 11.1 Å². The van der Waals surface area contributed by atoms with Crippen LogP contribution in [0.25, 0.3) is 0 Å². The number of carbonyl (C=O) groups excluding carboxylic acids is 1. The van der Waals surface area contributed by atoms with E-state index in [1.807, 2.05) is 19.1 Å². The number of hydrogen-bond donors (Lipinski definition) is 1. The number of anilines is 1. The number of aryl methyl sites for hydroxylation is 1. The highest BCUT2D eigenvalue weighted by molar-refractivity contribution is 6.30. The molecule has 0 aliphatic carbocycles. The quantitative estimate of drug-likeness (QED) is 0.924. The number of amides is 1. The van der Waals surface area contributed by atoms with Crippen LogP contribution in [0.2, 0.25) is 5.02 Å². The SMILES string of the molecule is Cc1ccc(Cl)cc1NC(=O)OCc1ccc2c(c1)OCO2. The number of benzene rings is 2. The molecule has 6 heteroatoms. The molecular weight excluding hydrogens is 306 g/mol. The molecule has 1 aliphatic heterocycles. The minimum atomic E-state index is -0.539. The van der Waals surface area contributed by atoms with E-state index in [0.29, 0.717) is 22.2 Å². The first-order valence-electron chi connectivity index (χ1n) is 6.70. The van der Waals surface area contributed by atoms with E-state index >= 15 is 0 Å². The number of hydrogen-bond acceptors (Lipinski definition) is 4. The van der Waals surface area contributed by atoms with Crippen molar-refractivity contribution < 1.29 is 19.0 Å². The highest BCUT2D eigenvalue weighted by Crippen LogP contribution is 2.32. The molecule has 2 aromatic carbocycles. The molecule has 2 aromatic rings. The Bertz CT molecular complexity index is 717. The van der Waals surface area contributed by atoms with Crippen LogP contribution >= 0.6 is 11.6 Å². The molecule has 3 rings (SSSR count). The van der Waals surface area contributed by atoms with Crippen molar-refractivity contribution in [1.29, 1.82) is 0 Å². The van der Waals surface area contributed by atoms with Gasteiger partial charge in [0.05, 0.1) is 0 Å². The summed E-state index contributed by atoms with van der Waals surface area (Å²) in [5.41, 5.74) is 2.36. The van der Waals surface area contributed by atoms with Crippen molar-refractivity contribution >= 4 is 23.4 Å². The number of rotatable bonds is 3. The molecule has 114 valence electrons. The van der Waals surface area contributed by atoms with E-state index in [4.69, 9.17) is 25.8 Å². The molecule has 0 saturated heterocycles. The fourth-order valence-electron chi connectivity index (χ4n) is 2.05. The van der Waals surface area contributed by atoms with Crippen LogP contribution < -0.4 is 14.8 Å². The lowest BCUT2D eigenvalue weighted by atomic mass is 10.2. The van der Waals surface area contributed by atoms with Crippen LogP contribution in [0.4, 0.5) is 10.5 Å². The van der Waals surface area contributed by atoms with Crippen LogP contribution in [0.3, 0.4) is 0 Å². The van der Waals surface area contributed by atoms with Crippen molar-refractivity contribution in [2.75, 3.05) is 12.1 Å². The summed E-state index contributed by atoms with van der Waals surface area (Å²) in [5, 5.41) is 3.22. The maximum atomic E-state index is 11.9. The predicted molar refractivity (Wildman–Crippen MR) is 82.6 cm³/mol. The molecule has 0 radical (unpaired) electrons. The van der Waals surface area contributed by atoms with Crippen LogP contribution in [-0.2, 0) is 11.3 Å². The standard InChI is InChI=1S/C16H14ClNO4/c1-10-2-4-12(17)7-13(10)18-16(19)20-8-11-3-5-14-15(6-11)22-9-21-14/h2-7H,8-9H2,1H3,(H,18,19). The summed E-state index contributed by atoms with van der Waals surface area (Å²) >= 11 is 5.91. The van der Waals surface area contributed by atoms with E-state index in [9.17, 15) is 4.79 Å². The first kappa shape index (κ1) is 14.5. The molecule has 0 saturated carbocycles. The first-order chi connectivity index (χ1) is 10.6. The summed E-state index contributed by atoms with van der Waals surface area (Å²) in [7, 11) is 0. The number of halogens is 1. The summed E-state index contributed by atoms with van der Waals surface area (Å²) in [5.74, 6) is 1.36. The Morgan fingerprint density at radius 1 is 1.23 bits per heavy atom. The Hall–Kier alpha value is -2.40. The maximum absolute atomic E-state index is 11.9. The van der Waals surface area contributed by atoms with Gasteiger partial charge >= 0.3 is 6.09 Å². The van der Waals surface area contributed by atoms with Crippen LogP contribution in [0.5, 0.6) is 11.5 Å². The van der Waals surface area contributed by atoms with Gasteiger partial charge in [-0.2, -0.15) is 0 Å². The highest BCUT2D eigenvalue weighted by Gasteiger charge is 2.14. The Morgan fingerprint density at radius 3 is 2.91 bits per heavy atom. The lowest BCUT2D eigenvalue weighted by molar-refractivity contribution is 0.154. The molecule has 1 heterocycles. The van der Waals surface area contributed by atoms with Crippen molar-refractivity contribution in [1.82, 2.24) is 0 Å². The van der Waals surface area contributed by atoms with E-state index in [2.05, 4.69) is 5.32 Å². The van der Waals surface area contributed by atoms with Crippen molar-refractivity contribution in [3.8, 4) is 11.5 Å². The zero-order valence-corrected chi connectivity index (χ0v) is 12.6. The summed E-state index contributed by atoms with van der Waals surface area (Å²) in [6.45, 7) is 2.24. The Balaban J connectivity index is 1.59. The fraction of sp³-hybridized carbons (Fsp3) is 0.188.